The Hall–Kier alpha value is -2.40. The molecule has 1 aromatic heterocycles. The molecule has 0 saturated carbocycles. The Morgan fingerprint density at radius 2 is 2.10 bits per heavy atom. The fraction of sp³-hybridized carbons (Fsp3) is 0.200. The van der Waals surface area contributed by atoms with Crippen molar-refractivity contribution in [3.05, 3.63) is 47.8 Å². The van der Waals surface area contributed by atoms with Gasteiger partial charge in [-0.2, -0.15) is 0 Å². The highest BCUT2D eigenvalue weighted by Crippen LogP contribution is 2.29. The summed E-state index contributed by atoms with van der Waals surface area (Å²) in [7, 11) is 0. The molecule has 1 aromatic carbocycles. The summed E-state index contributed by atoms with van der Waals surface area (Å²) >= 11 is 0. The number of benzene rings is 1. The average Bonchev–Trinajstić information content (AvgIpc) is 2.47. The first-order chi connectivity index (χ1) is 9.74. The van der Waals surface area contributed by atoms with Crippen molar-refractivity contribution in [2.24, 2.45) is 5.73 Å². The lowest BCUT2D eigenvalue weighted by molar-refractivity contribution is -0.116. The summed E-state index contributed by atoms with van der Waals surface area (Å²) in [5.41, 5.74) is 8.46. The molecule has 0 unspecified atom stereocenters. The molecule has 0 aliphatic carbocycles. The number of anilines is 1. The molecule has 2 aromatic rings. The van der Waals surface area contributed by atoms with Crippen molar-refractivity contribution in [2.75, 3.05) is 5.32 Å². The van der Waals surface area contributed by atoms with Crippen LogP contribution < -0.4 is 15.8 Å². The van der Waals surface area contributed by atoms with Gasteiger partial charge in [-0.15, -0.1) is 0 Å². The zero-order valence-corrected chi connectivity index (χ0v) is 10.9. The highest BCUT2D eigenvalue weighted by molar-refractivity contribution is 5.94. The van der Waals surface area contributed by atoms with E-state index in [1.54, 1.807) is 12.4 Å². The number of carbonyl (C=O) groups excluding carboxylic acids is 1. The van der Waals surface area contributed by atoms with Gasteiger partial charge in [-0.25, -0.2) is 0 Å². The molecule has 1 amide bonds. The SMILES string of the molecule is NCc1cncc(Oc2ccc3c(c2)CCC(=O)N3)c1. The van der Waals surface area contributed by atoms with E-state index in [-0.39, 0.29) is 5.91 Å². The van der Waals surface area contributed by atoms with Crippen molar-refractivity contribution >= 4 is 11.6 Å². The standard InChI is InChI=1S/C15H15N3O2/c16-7-10-5-13(9-17-8-10)20-12-2-3-14-11(6-12)1-4-15(19)18-14/h2-3,5-6,8-9H,1,4,7,16H2,(H,18,19). The second-order valence-corrected chi connectivity index (χ2v) is 4.70. The molecular formula is C15H15N3O2. The number of fused-ring (bicyclic) bond motifs is 1. The zero-order valence-electron chi connectivity index (χ0n) is 10.9. The van der Waals surface area contributed by atoms with Crippen LogP contribution in [0.4, 0.5) is 5.69 Å². The number of nitrogens with two attached hydrogens (primary N) is 1. The molecule has 3 rings (SSSR count). The van der Waals surface area contributed by atoms with Gasteiger partial charge in [-0.1, -0.05) is 0 Å². The quantitative estimate of drug-likeness (QED) is 0.895. The van der Waals surface area contributed by atoms with Crippen LogP contribution in [-0.4, -0.2) is 10.9 Å². The molecule has 0 spiro atoms. The van der Waals surface area contributed by atoms with Crippen molar-refractivity contribution in [1.82, 2.24) is 4.98 Å². The molecule has 3 N–H and O–H groups in total. The van der Waals surface area contributed by atoms with Gasteiger partial charge in [-0.05, 0) is 41.8 Å². The molecule has 1 aliphatic heterocycles. The lowest BCUT2D eigenvalue weighted by Gasteiger charge is -2.17. The van der Waals surface area contributed by atoms with E-state index in [1.165, 1.54) is 0 Å². The topological polar surface area (TPSA) is 77.2 Å². The first-order valence-electron chi connectivity index (χ1n) is 6.49. The normalized spacial score (nSPS) is 13.6. The number of nitrogens with zero attached hydrogens (tertiary/aromatic N) is 1. The summed E-state index contributed by atoms with van der Waals surface area (Å²) in [6, 6.07) is 7.51. The molecule has 0 bridgehead atoms. The van der Waals surface area contributed by atoms with Crippen LogP contribution in [0.2, 0.25) is 0 Å². The summed E-state index contributed by atoms with van der Waals surface area (Å²) in [4.78, 5) is 15.4. The van der Waals surface area contributed by atoms with Crippen molar-refractivity contribution in [3.63, 3.8) is 0 Å². The number of carbonyl (C=O) groups is 1. The van der Waals surface area contributed by atoms with Gasteiger partial charge in [0.05, 0.1) is 6.20 Å². The lowest BCUT2D eigenvalue weighted by Crippen LogP contribution is -2.18. The van der Waals surface area contributed by atoms with E-state index in [0.29, 0.717) is 18.7 Å². The maximum atomic E-state index is 11.3. The van der Waals surface area contributed by atoms with Gasteiger partial charge in [0, 0.05) is 24.8 Å². The maximum absolute atomic E-state index is 11.3. The molecule has 102 valence electrons. The molecule has 0 saturated heterocycles. The van der Waals surface area contributed by atoms with Gasteiger partial charge in [0.1, 0.15) is 11.5 Å². The van der Waals surface area contributed by atoms with E-state index in [2.05, 4.69) is 10.3 Å². The van der Waals surface area contributed by atoms with Crippen LogP contribution >= 0.6 is 0 Å². The van der Waals surface area contributed by atoms with Crippen molar-refractivity contribution in [2.45, 2.75) is 19.4 Å². The predicted octanol–water partition coefficient (Wildman–Crippen LogP) is 2.22. The number of ether oxygens (including phenoxy) is 1. The Bertz CT molecular complexity index is 655. The number of aryl methyl sites for hydroxylation is 1. The van der Waals surface area contributed by atoms with E-state index in [1.807, 2.05) is 24.3 Å². The smallest absolute Gasteiger partial charge is 0.224 e. The molecule has 5 nitrogen and oxygen atoms in total. The van der Waals surface area contributed by atoms with Crippen LogP contribution in [0, 0.1) is 0 Å². The molecule has 1 aliphatic rings. The van der Waals surface area contributed by atoms with Crippen LogP contribution in [0.1, 0.15) is 17.5 Å². The van der Waals surface area contributed by atoms with Crippen LogP contribution in [0.15, 0.2) is 36.7 Å². The van der Waals surface area contributed by atoms with Gasteiger partial charge in [0.2, 0.25) is 5.91 Å². The predicted molar refractivity (Wildman–Crippen MR) is 75.6 cm³/mol. The van der Waals surface area contributed by atoms with Gasteiger partial charge < -0.3 is 15.8 Å². The third-order valence-corrected chi connectivity index (χ3v) is 3.21. The molecule has 0 atom stereocenters. The molecule has 2 heterocycles. The molecule has 5 heteroatoms. The highest BCUT2D eigenvalue weighted by Gasteiger charge is 2.15. The number of hydrogen-bond donors (Lipinski definition) is 2. The molecular weight excluding hydrogens is 254 g/mol. The van der Waals surface area contributed by atoms with Crippen LogP contribution in [0.3, 0.4) is 0 Å². The largest absolute Gasteiger partial charge is 0.456 e. The van der Waals surface area contributed by atoms with Crippen LogP contribution in [0.25, 0.3) is 0 Å². The Morgan fingerprint density at radius 3 is 2.95 bits per heavy atom. The minimum Gasteiger partial charge on any atom is -0.456 e. The zero-order chi connectivity index (χ0) is 13.9. The van der Waals surface area contributed by atoms with Crippen molar-refractivity contribution in [3.8, 4) is 11.5 Å². The lowest BCUT2D eigenvalue weighted by atomic mass is 10.0. The molecule has 0 radical (unpaired) electrons. The Kier molecular flexibility index (Phi) is 3.35. The number of aromatic nitrogens is 1. The van der Waals surface area contributed by atoms with Crippen LogP contribution in [0.5, 0.6) is 11.5 Å². The van der Waals surface area contributed by atoms with Crippen molar-refractivity contribution < 1.29 is 9.53 Å². The summed E-state index contributed by atoms with van der Waals surface area (Å²) in [6.45, 7) is 0.431. The van der Waals surface area contributed by atoms with Crippen LogP contribution in [-0.2, 0) is 17.8 Å². The Labute approximate surface area is 116 Å². The summed E-state index contributed by atoms with van der Waals surface area (Å²) < 4.78 is 5.78. The van der Waals surface area contributed by atoms with E-state index in [9.17, 15) is 4.79 Å². The first-order valence-corrected chi connectivity index (χ1v) is 6.49. The van der Waals surface area contributed by atoms with Gasteiger partial charge in [0.25, 0.3) is 0 Å². The van der Waals surface area contributed by atoms with E-state index < -0.39 is 0 Å². The summed E-state index contributed by atoms with van der Waals surface area (Å²) in [5.74, 6) is 1.45. The van der Waals surface area contributed by atoms with Crippen molar-refractivity contribution in [1.29, 1.82) is 0 Å². The second kappa shape index (κ2) is 5.30. The minimum atomic E-state index is 0.0611. The number of amides is 1. The molecule has 0 fully saturated rings. The van der Waals surface area contributed by atoms with E-state index >= 15 is 0 Å². The average molecular weight is 269 g/mol. The summed E-state index contributed by atoms with van der Waals surface area (Å²) in [6.07, 6.45) is 4.62. The number of hydrogen-bond acceptors (Lipinski definition) is 4. The maximum Gasteiger partial charge on any atom is 0.224 e. The van der Waals surface area contributed by atoms with Gasteiger partial charge in [-0.3, -0.25) is 9.78 Å². The number of rotatable bonds is 3. The molecule has 20 heavy (non-hydrogen) atoms. The Balaban J connectivity index is 1.82. The van der Waals surface area contributed by atoms with E-state index in [4.69, 9.17) is 10.5 Å². The number of pyridine rings is 1. The third-order valence-electron chi connectivity index (χ3n) is 3.21. The monoisotopic (exact) mass is 269 g/mol. The second-order valence-electron chi connectivity index (χ2n) is 4.70. The first kappa shape index (κ1) is 12.6. The Morgan fingerprint density at radius 1 is 1.20 bits per heavy atom. The third kappa shape index (κ3) is 2.62. The minimum absolute atomic E-state index is 0.0611. The van der Waals surface area contributed by atoms with E-state index in [0.717, 1.165) is 29.0 Å². The fourth-order valence-corrected chi connectivity index (χ4v) is 2.19. The van der Waals surface area contributed by atoms with Gasteiger partial charge in [0.15, 0.2) is 0 Å². The van der Waals surface area contributed by atoms with Gasteiger partial charge >= 0.3 is 0 Å². The number of nitrogens with one attached hydrogen (secondary N) is 1. The summed E-state index contributed by atoms with van der Waals surface area (Å²) in [5, 5.41) is 2.85. The fourth-order valence-electron chi connectivity index (χ4n) is 2.19. The highest BCUT2D eigenvalue weighted by atomic mass is 16.5.